The van der Waals surface area contributed by atoms with Crippen molar-refractivity contribution in [1.82, 2.24) is 9.88 Å². The lowest BCUT2D eigenvalue weighted by molar-refractivity contribution is 0.168. The Morgan fingerprint density at radius 3 is 2.82 bits per heavy atom. The molecule has 0 aliphatic carbocycles. The van der Waals surface area contributed by atoms with Crippen LogP contribution >= 0.6 is 33.9 Å². The van der Waals surface area contributed by atoms with Crippen LogP contribution in [0.3, 0.4) is 0 Å². The number of piperidine rings is 1. The number of nitriles is 1. The van der Waals surface area contributed by atoms with Crippen LogP contribution in [0, 0.1) is 14.9 Å². The highest BCUT2D eigenvalue weighted by Crippen LogP contribution is 2.37. The highest BCUT2D eigenvalue weighted by Gasteiger charge is 2.38. The van der Waals surface area contributed by atoms with E-state index in [0.29, 0.717) is 6.04 Å². The quantitative estimate of drug-likeness (QED) is 0.746. The van der Waals surface area contributed by atoms with Gasteiger partial charge in [-0.15, -0.1) is 11.3 Å². The monoisotopic (exact) mass is 424 g/mol. The van der Waals surface area contributed by atoms with Gasteiger partial charge in [0.05, 0.1) is 8.27 Å². The first-order valence-corrected chi connectivity index (χ1v) is 9.52. The first-order chi connectivity index (χ1) is 10.7. The van der Waals surface area contributed by atoms with Crippen molar-refractivity contribution in [3.63, 3.8) is 0 Å². The lowest BCUT2D eigenvalue weighted by atomic mass is 9.98. The van der Waals surface area contributed by atoms with E-state index in [2.05, 4.69) is 50.9 Å². The molecule has 3 atom stereocenters. The summed E-state index contributed by atoms with van der Waals surface area (Å²) in [6.45, 7) is 0. The number of pyridine rings is 1. The smallest absolute Gasteiger partial charge is 0.140 e. The van der Waals surface area contributed by atoms with E-state index in [1.807, 2.05) is 12.3 Å². The number of anilines is 1. The maximum absolute atomic E-state index is 9.07. The predicted octanol–water partition coefficient (Wildman–Crippen LogP) is 3.81. The third kappa shape index (κ3) is 2.39. The molecule has 0 amide bonds. The van der Waals surface area contributed by atoms with Gasteiger partial charge in [-0.25, -0.2) is 4.98 Å². The third-order valence-corrected chi connectivity index (χ3v) is 7.13. The molecule has 4 nitrogen and oxygen atoms in total. The van der Waals surface area contributed by atoms with Crippen molar-refractivity contribution in [3.05, 3.63) is 20.7 Å². The molecule has 2 fully saturated rings. The molecule has 2 aromatic heterocycles. The van der Waals surface area contributed by atoms with E-state index in [9.17, 15) is 0 Å². The molecular formula is C16H17IN4S. The van der Waals surface area contributed by atoms with Gasteiger partial charge in [-0.1, -0.05) is 0 Å². The molecule has 22 heavy (non-hydrogen) atoms. The summed E-state index contributed by atoms with van der Waals surface area (Å²) in [5.41, 5.74) is 0. The lowest BCUT2D eigenvalue weighted by Crippen LogP contribution is -2.44. The molecule has 2 aliphatic rings. The summed E-state index contributed by atoms with van der Waals surface area (Å²) >= 11 is 3.87. The Labute approximate surface area is 147 Å². The van der Waals surface area contributed by atoms with Crippen molar-refractivity contribution in [1.29, 1.82) is 5.26 Å². The minimum atomic E-state index is 0.515. The molecule has 0 radical (unpaired) electrons. The average Bonchev–Trinajstić information content (AvgIpc) is 3.01. The first-order valence-electron chi connectivity index (χ1n) is 7.62. The van der Waals surface area contributed by atoms with Gasteiger partial charge in [-0.05, 0) is 61.4 Å². The van der Waals surface area contributed by atoms with Crippen molar-refractivity contribution in [2.45, 2.75) is 43.8 Å². The van der Waals surface area contributed by atoms with Crippen LogP contribution in [0.2, 0.25) is 0 Å². The molecule has 4 rings (SSSR count). The second-order valence-electron chi connectivity index (χ2n) is 6.28. The Morgan fingerprint density at radius 2 is 2.14 bits per heavy atom. The molecule has 114 valence electrons. The first kappa shape index (κ1) is 14.7. The molecule has 4 heterocycles. The van der Waals surface area contributed by atoms with Crippen LogP contribution < -0.4 is 5.32 Å². The predicted molar refractivity (Wildman–Crippen MR) is 98.3 cm³/mol. The maximum Gasteiger partial charge on any atom is 0.140 e. The number of aromatic nitrogens is 1. The minimum absolute atomic E-state index is 0.515. The zero-order chi connectivity index (χ0) is 15.3. The van der Waals surface area contributed by atoms with Gasteiger partial charge < -0.3 is 10.2 Å². The molecular weight excluding hydrogens is 407 g/mol. The van der Waals surface area contributed by atoms with Crippen LogP contribution in [0.25, 0.3) is 10.1 Å². The van der Waals surface area contributed by atoms with E-state index in [4.69, 9.17) is 5.26 Å². The molecule has 2 bridgehead atoms. The van der Waals surface area contributed by atoms with Crippen molar-refractivity contribution >= 4 is 49.8 Å². The van der Waals surface area contributed by atoms with Crippen LogP contribution in [0.5, 0.6) is 0 Å². The number of hydrogen-bond donors (Lipinski definition) is 1. The summed E-state index contributed by atoms with van der Waals surface area (Å²) in [5.74, 6) is 0.976. The van der Waals surface area contributed by atoms with Crippen LogP contribution in [0.1, 0.15) is 30.6 Å². The second kappa shape index (κ2) is 5.62. The molecule has 0 saturated carbocycles. The van der Waals surface area contributed by atoms with Gasteiger partial charge in [-0.3, -0.25) is 0 Å². The van der Waals surface area contributed by atoms with Crippen molar-refractivity contribution in [2.75, 3.05) is 12.4 Å². The zero-order valence-electron chi connectivity index (χ0n) is 12.3. The fourth-order valence-corrected chi connectivity index (χ4v) is 5.62. The van der Waals surface area contributed by atoms with Gasteiger partial charge in [-0.2, -0.15) is 5.26 Å². The number of rotatable bonds is 2. The van der Waals surface area contributed by atoms with Gasteiger partial charge in [0.25, 0.3) is 0 Å². The molecule has 0 spiro atoms. The Morgan fingerprint density at radius 1 is 1.41 bits per heavy atom. The second-order valence-corrected chi connectivity index (χ2v) is 8.45. The Balaban J connectivity index is 1.60. The Bertz CT molecular complexity index is 751. The van der Waals surface area contributed by atoms with Crippen LogP contribution in [-0.4, -0.2) is 35.1 Å². The summed E-state index contributed by atoms with van der Waals surface area (Å²) in [4.78, 5) is 7.91. The highest BCUT2D eigenvalue weighted by atomic mass is 127. The van der Waals surface area contributed by atoms with Gasteiger partial charge in [0.2, 0.25) is 0 Å². The minimum Gasteiger partial charge on any atom is -0.366 e. The van der Waals surface area contributed by atoms with Gasteiger partial charge >= 0.3 is 0 Å². The van der Waals surface area contributed by atoms with Gasteiger partial charge in [0, 0.05) is 29.7 Å². The van der Waals surface area contributed by atoms with E-state index in [0.717, 1.165) is 36.4 Å². The summed E-state index contributed by atoms with van der Waals surface area (Å²) < 4.78 is 2.23. The number of thiophene rings is 1. The SMILES string of the molecule is CN1C2CC[C@H]1CC(Nc1ncc3sc(C#N)cc3c1I)C2. The fourth-order valence-electron chi connectivity index (χ4n) is 3.86. The highest BCUT2D eigenvalue weighted by molar-refractivity contribution is 14.1. The number of fused-ring (bicyclic) bond motifs is 3. The fraction of sp³-hybridized carbons (Fsp3) is 0.500. The van der Waals surface area contributed by atoms with Crippen molar-refractivity contribution < 1.29 is 0 Å². The zero-order valence-corrected chi connectivity index (χ0v) is 15.3. The van der Waals surface area contributed by atoms with Crippen LogP contribution in [0.4, 0.5) is 5.82 Å². The normalized spacial score (nSPS) is 28.0. The van der Waals surface area contributed by atoms with Crippen LogP contribution in [0.15, 0.2) is 12.3 Å². The van der Waals surface area contributed by atoms with Gasteiger partial charge in [0.1, 0.15) is 16.8 Å². The maximum atomic E-state index is 9.07. The standard InChI is InChI=1S/C16H17IN4S/c1-21-10-2-3-11(21)5-9(4-10)20-16-15(17)13-6-12(7-18)22-14(13)8-19-16/h6,8-11H,2-5H2,1H3,(H,19,20)/t9?,10-,11?/m0/s1. The van der Waals surface area contributed by atoms with E-state index in [1.54, 1.807) is 0 Å². The summed E-state index contributed by atoms with van der Waals surface area (Å²) in [5, 5.41) is 13.9. The number of nitrogens with one attached hydrogen (secondary N) is 1. The number of hydrogen-bond acceptors (Lipinski definition) is 5. The van der Waals surface area contributed by atoms with Gasteiger partial charge in [0.15, 0.2) is 0 Å². The Hall–Kier alpha value is -0.910. The Kier molecular flexibility index (Phi) is 3.75. The van der Waals surface area contributed by atoms with E-state index in [1.165, 1.54) is 37.0 Å². The largest absolute Gasteiger partial charge is 0.366 e. The molecule has 6 heteroatoms. The summed E-state index contributed by atoms with van der Waals surface area (Å²) in [7, 11) is 2.27. The summed E-state index contributed by atoms with van der Waals surface area (Å²) in [6, 6.07) is 6.18. The molecule has 2 aliphatic heterocycles. The molecule has 2 unspecified atom stereocenters. The van der Waals surface area contributed by atoms with Crippen molar-refractivity contribution in [3.8, 4) is 6.07 Å². The molecule has 0 aromatic carbocycles. The van der Waals surface area contributed by atoms with E-state index < -0.39 is 0 Å². The molecule has 2 saturated heterocycles. The molecule has 1 N–H and O–H groups in total. The third-order valence-electron chi connectivity index (χ3n) is 5.07. The molecule has 2 aromatic rings. The number of halogens is 1. The topological polar surface area (TPSA) is 52.0 Å². The average molecular weight is 424 g/mol. The van der Waals surface area contributed by atoms with E-state index in [-0.39, 0.29) is 0 Å². The lowest BCUT2D eigenvalue weighted by Gasteiger charge is -2.36. The van der Waals surface area contributed by atoms with Crippen molar-refractivity contribution in [2.24, 2.45) is 0 Å². The van der Waals surface area contributed by atoms with Crippen LogP contribution in [-0.2, 0) is 0 Å². The van der Waals surface area contributed by atoms with E-state index >= 15 is 0 Å². The number of nitrogens with zero attached hydrogens (tertiary/aromatic N) is 3. The summed E-state index contributed by atoms with van der Waals surface area (Å²) in [6.07, 6.45) is 6.97.